The van der Waals surface area contributed by atoms with E-state index in [2.05, 4.69) is 27.3 Å². The van der Waals surface area contributed by atoms with Crippen molar-refractivity contribution >= 4 is 16.9 Å². The maximum Gasteiger partial charge on any atom is 0.145 e. The lowest BCUT2D eigenvalue weighted by molar-refractivity contribution is 0.729. The Bertz CT molecular complexity index is 499. The second kappa shape index (κ2) is 6.03. The summed E-state index contributed by atoms with van der Waals surface area (Å²) >= 11 is 0. The first kappa shape index (κ1) is 13.2. The molecule has 0 saturated heterocycles. The molecule has 0 atom stereocenters. The van der Waals surface area contributed by atoms with Crippen LogP contribution in [0.15, 0.2) is 25.2 Å². The van der Waals surface area contributed by atoms with E-state index in [1.165, 1.54) is 6.33 Å². The standard InChI is InChI=1S/C11H14N4.C2H6/c1-3-4-5-15-6-8(2)9-10(12)13-7-14-11(9)15;1-2/h3,6-7H,1,4-5H2,2H3,(H2,12,13,14);1-2H3. The Morgan fingerprint density at radius 2 is 2.12 bits per heavy atom. The Labute approximate surface area is 102 Å². The molecule has 4 nitrogen and oxygen atoms in total. The smallest absolute Gasteiger partial charge is 0.145 e. The second-order valence-electron chi connectivity index (χ2n) is 3.54. The summed E-state index contributed by atoms with van der Waals surface area (Å²) in [6, 6.07) is 0. The summed E-state index contributed by atoms with van der Waals surface area (Å²) < 4.78 is 2.09. The van der Waals surface area contributed by atoms with E-state index in [1.807, 2.05) is 26.8 Å². The fourth-order valence-electron chi connectivity index (χ4n) is 1.75. The van der Waals surface area contributed by atoms with Gasteiger partial charge in [0.25, 0.3) is 0 Å². The normalized spacial score (nSPS) is 9.82. The molecule has 2 N–H and O–H groups in total. The molecule has 0 bridgehead atoms. The minimum Gasteiger partial charge on any atom is -0.383 e. The minimum absolute atomic E-state index is 0.551. The van der Waals surface area contributed by atoms with Crippen molar-refractivity contribution in [2.45, 2.75) is 33.7 Å². The van der Waals surface area contributed by atoms with Crippen LogP contribution in [0.3, 0.4) is 0 Å². The predicted molar refractivity (Wildman–Crippen MR) is 72.8 cm³/mol. The fraction of sp³-hybridized carbons (Fsp3) is 0.385. The number of fused-ring (bicyclic) bond motifs is 1. The number of nitrogens with zero attached hydrogens (tertiary/aromatic N) is 3. The molecular weight excluding hydrogens is 212 g/mol. The van der Waals surface area contributed by atoms with Crippen LogP contribution < -0.4 is 5.73 Å². The Balaban J connectivity index is 0.000000686. The molecule has 2 rings (SSSR count). The summed E-state index contributed by atoms with van der Waals surface area (Å²) in [5.74, 6) is 0.551. The number of nitrogen functional groups attached to an aromatic ring is 1. The van der Waals surface area contributed by atoms with Crippen molar-refractivity contribution < 1.29 is 0 Å². The number of hydrogen-bond donors (Lipinski definition) is 1. The highest BCUT2D eigenvalue weighted by Gasteiger charge is 2.09. The summed E-state index contributed by atoms with van der Waals surface area (Å²) in [4.78, 5) is 8.25. The molecule has 4 heteroatoms. The summed E-state index contributed by atoms with van der Waals surface area (Å²) in [6.45, 7) is 10.6. The predicted octanol–water partition coefficient (Wildman–Crippen LogP) is 2.92. The first-order valence-electron chi connectivity index (χ1n) is 5.91. The maximum atomic E-state index is 5.81. The molecule has 2 aromatic rings. The quantitative estimate of drug-likeness (QED) is 0.828. The summed E-state index contributed by atoms with van der Waals surface area (Å²) in [5.41, 5.74) is 7.84. The van der Waals surface area contributed by atoms with Crippen molar-refractivity contribution in [3.05, 3.63) is 30.7 Å². The van der Waals surface area contributed by atoms with Gasteiger partial charge in [0.05, 0.1) is 5.39 Å². The molecule has 0 radical (unpaired) electrons. The van der Waals surface area contributed by atoms with Crippen molar-refractivity contribution in [1.29, 1.82) is 0 Å². The lowest BCUT2D eigenvalue weighted by atomic mass is 10.2. The van der Waals surface area contributed by atoms with Gasteiger partial charge in [-0.1, -0.05) is 19.9 Å². The number of rotatable bonds is 3. The van der Waals surface area contributed by atoms with E-state index in [1.54, 1.807) is 0 Å². The Morgan fingerprint density at radius 1 is 1.41 bits per heavy atom. The van der Waals surface area contributed by atoms with E-state index in [-0.39, 0.29) is 0 Å². The minimum atomic E-state index is 0.551. The van der Waals surface area contributed by atoms with Gasteiger partial charge in [0, 0.05) is 12.7 Å². The van der Waals surface area contributed by atoms with E-state index < -0.39 is 0 Å². The second-order valence-corrected chi connectivity index (χ2v) is 3.54. The number of aromatic nitrogens is 3. The van der Waals surface area contributed by atoms with Gasteiger partial charge in [0.1, 0.15) is 17.8 Å². The molecule has 0 unspecified atom stereocenters. The lowest BCUT2D eigenvalue weighted by Crippen LogP contribution is -1.98. The monoisotopic (exact) mass is 232 g/mol. The molecule has 0 spiro atoms. The van der Waals surface area contributed by atoms with E-state index in [0.29, 0.717) is 5.82 Å². The van der Waals surface area contributed by atoms with Crippen molar-refractivity contribution in [2.75, 3.05) is 5.73 Å². The van der Waals surface area contributed by atoms with Gasteiger partial charge in [-0.25, -0.2) is 9.97 Å². The third kappa shape index (κ3) is 2.64. The van der Waals surface area contributed by atoms with Crippen LogP contribution in [0, 0.1) is 6.92 Å². The van der Waals surface area contributed by atoms with Crippen LogP contribution in [0.5, 0.6) is 0 Å². The lowest BCUT2D eigenvalue weighted by Gasteiger charge is -2.01. The SMILES string of the molecule is C=CCCn1cc(C)c2c(N)ncnc21.CC. The Morgan fingerprint density at radius 3 is 2.76 bits per heavy atom. The Hall–Kier alpha value is -1.84. The highest BCUT2D eigenvalue weighted by molar-refractivity contribution is 5.89. The van der Waals surface area contributed by atoms with Crippen molar-refractivity contribution in [3.63, 3.8) is 0 Å². The van der Waals surface area contributed by atoms with Gasteiger partial charge in [0.15, 0.2) is 0 Å². The van der Waals surface area contributed by atoms with Gasteiger partial charge >= 0.3 is 0 Å². The van der Waals surface area contributed by atoms with E-state index in [9.17, 15) is 0 Å². The van der Waals surface area contributed by atoms with Crippen LogP contribution in [-0.2, 0) is 6.54 Å². The molecule has 0 amide bonds. The third-order valence-corrected chi connectivity index (χ3v) is 2.45. The molecule has 0 fully saturated rings. The van der Waals surface area contributed by atoms with E-state index in [0.717, 1.165) is 29.6 Å². The molecule has 17 heavy (non-hydrogen) atoms. The molecule has 0 saturated carbocycles. The molecule has 0 aliphatic carbocycles. The number of allylic oxidation sites excluding steroid dienone is 1. The highest BCUT2D eigenvalue weighted by atomic mass is 15.1. The third-order valence-electron chi connectivity index (χ3n) is 2.45. The highest BCUT2D eigenvalue weighted by Crippen LogP contribution is 2.22. The molecule has 92 valence electrons. The first-order chi connectivity index (χ1) is 8.24. The molecule has 0 aromatic carbocycles. The van der Waals surface area contributed by atoms with Gasteiger partial charge in [-0.3, -0.25) is 0 Å². The van der Waals surface area contributed by atoms with Crippen molar-refractivity contribution in [3.8, 4) is 0 Å². The zero-order chi connectivity index (χ0) is 12.8. The van der Waals surface area contributed by atoms with Gasteiger partial charge < -0.3 is 10.3 Å². The zero-order valence-electron chi connectivity index (χ0n) is 10.8. The van der Waals surface area contributed by atoms with Crippen LogP contribution in [0.1, 0.15) is 25.8 Å². The van der Waals surface area contributed by atoms with Gasteiger partial charge in [0.2, 0.25) is 0 Å². The van der Waals surface area contributed by atoms with E-state index in [4.69, 9.17) is 5.73 Å². The summed E-state index contributed by atoms with van der Waals surface area (Å²) in [7, 11) is 0. The Kier molecular flexibility index (Phi) is 4.69. The molecule has 2 heterocycles. The summed E-state index contributed by atoms with van der Waals surface area (Å²) in [5, 5.41) is 0.960. The van der Waals surface area contributed by atoms with Crippen LogP contribution in [0.4, 0.5) is 5.82 Å². The number of anilines is 1. The molecule has 2 aromatic heterocycles. The van der Waals surface area contributed by atoms with Crippen molar-refractivity contribution in [1.82, 2.24) is 14.5 Å². The number of aryl methyl sites for hydroxylation is 2. The van der Waals surface area contributed by atoms with Gasteiger partial charge in [-0.2, -0.15) is 0 Å². The molecule has 0 aliphatic heterocycles. The van der Waals surface area contributed by atoms with Crippen LogP contribution in [0.2, 0.25) is 0 Å². The molecule has 0 aliphatic rings. The van der Waals surface area contributed by atoms with Crippen LogP contribution in [0.25, 0.3) is 11.0 Å². The molecular formula is C13H20N4. The van der Waals surface area contributed by atoms with Crippen LogP contribution in [-0.4, -0.2) is 14.5 Å². The average molecular weight is 232 g/mol. The van der Waals surface area contributed by atoms with Crippen LogP contribution >= 0.6 is 0 Å². The summed E-state index contributed by atoms with van der Waals surface area (Å²) in [6.07, 6.45) is 6.37. The van der Waals surface area contributed by atoms with Gasteiger partial charge in [-0.15, -0.1) is 6.58 Å². The number of nitrogens with two attached hydrogens (primary N) is 1. The van der Waals surface area contributed by atoms with E-state index >= 15 is 0 Å². The van der Waals surface area contributed by atoms with Gasteiger partial charge in [-0.05, 0) is 18.9 Å². The largest absolute Gasteiger partial charge is 0.383 e. The maximum absolute atomic E-state index is 5.81. The average Bonchev–Trinajstić information content (AvgIpc) is 2.68. The van der Waals surface area contributed by atoms with Crippen molar-refractivity contribution in [2.24, 2.45) is 0 Å². The zero-order valence-corrected chi connectivity index (χ0v) is 10.8. The topological polar surface area (TPSA) is 56.7 Å². The number of hydrogen-bond acceptors (Lipinski definition) is 3. The fourth-order valence-corrected chi connectivity index (χ4v) is 1.75. The first-order valence-corrected chi connectivity index (χ1v) is 5.91.